The van der Waals surface area contributed by atoms with E-state index in [0.29, 0.717) is 5.56 Å². The van der Waals surface area contributed by atoms with Crippen molar-refractivity contribution in [2.24, 2.45) is 0 Å². The Morgan fingerprint density at radius 2 is 1.89 bits per heavy atom. The number of carbonyl (C=O) groups is 1. The number of sulfonamides is 1. The highest BCUT2D eigenvalue weighted by Crippen LogP contribution is 2.21. The van der Waals surface area contributed by atoms with Crippen LogP contribution < -0.4 is 4.72 Å². The zero-order valence-corrected chi connectivity index (χ0v) is 11.0. The molecule has 1 N–H and O–H groups in total. The Morgan fingerprint density at radius 1 is 1.33 bits per heavy atom. The predicted molar refractivity (Wildman–Crippen MR) is 68.3 cm³/mol. The van der Waals surface area contributed by atoms with Crippen molar-refractivity contribution in [1.29, 1.82) is 0 Å². The number of methoxy groups -OCH3 is 1. The summed E-state index contributed by atoms with van der Waals surface area (Å²) in [5.41, 5.74) is 0.660. The van der Waals surface area contributed by atoms with Crippen LogP contribution in [-0.2, 0) is 19.6 Å². The molecular formula is C12H15NO4S. The fraction of sp³-hybridized carbons (Fsp3) is 0.250. The van der Waals surface area contributed by atoms with Gasteiger partial charge in [-0.15, -0.1) is 0 Å². The summed E-state index contributed by atoms with van der Waals surface area (Å²) in [5.74, 6) is -0.653. The van der Waals surface area contributed by atoms with Gasteiger partial charge in [-0.2, -0.15) is 0 Å². The normalized spacial score (nSPS) is 12.8. The molecule has 5 nitrogen and oxygen atoms in total. The molecule has 1 atom stereocenters. The van der Waals surface area contributed by atoms with Gasteiger partial charge in [-0.3, -0.25) is 0 Å². The molecule has 1 rings (SSSR count). The molecule has 0 saturated heterocycles. The maximum Gasteiger partial charge on any atom is 0.335 e. The lowest BCUT2D eigenvalue weighted by Crippen LogP contribution is -2.31. The molecule has 0 heterocycles. The quantitative estimate of drug-likeness (QED) is 0.639. The van der Waals surface area contributed by atoms with Gasteiger partial charge < -0.3 is 4.74 Å². The van der Waals surface area contributed by atoms with E-state index in [9.17, 15) is 13.2 Å². The third-order valence-corrected chi connectivity index (χ3v) is 2.92. The molecular weight excluding hydrogens is 254 g/mol. The maximum atomic E-state index is 11.5. The van der Waals surface area contributed by atoms with E-state index >= 15 is 0 Å². The molecule has 18 heavy (non-hydrogen) atoms. The van der Waals surface area contributed by atoms with Gasteiger partial charge in [0.15, 0.2) is 0 Å². The van der Waals surface area contributed by atoms with Crippen LogP contribution in [0.15, 0.2) is 42.5 Å². The van der Waals surface area contributed by atoms with Crippen LogP contribution in [0.3, 0.4) is 0 Å². The average molecular weight is 269 g/mol. The average Bonchev–Trinajstić information content (AvgIpc) is 2.34. The zero-order valence-electron chi connectivity index (χ0n) is 10.2. The molecule has 0 saturated carbocycles. The Bertz CT molecular complexity index is 536. The highest BCUT2D eigenvalue weighted by atomic mass is 32.2. The van der Waals surface area contributed by atoms with Crippen LogP contribution in [0.1, 0.15) is 11.6 Å². The Balaban J connectivity index is 3.11. The molecule has 1 aromatic rings. The SMILES string of the molecule is C=C(C(=O)OC)C(NS(C)(=O)=O)c1ccccc1. The summed E-state index contributed by atoms with van der Waals surface area (Å²) in [6, 6.07) is 7.87. The van der Waals surface area contributed by atoms with Gasteiger partial charge in [0.25, 0.3) is 0 Å². The maximum absolute atomic E-state index is 11.5. The Morgan fingerprint density at radius 3 is 2.33 bits per heavy atom. The fourth-order valence-corrected chi connectivity index (χ4v) is 2.16. The van der Waals surface area contributed by atoms with Crippen molar-refractivity contribution < 1.29 is 17.9 Å². The Kier molecular flexibility index (Phi) is 4.63. The zero-order chi connectivity index (χ0) is 13.8. The predicted octanol–water partition coefficient (Wildman–Crippen LogP) is 1.01. The first-order valence-corrected chi connectivity index (χ1v) is 7.03. The molecule has 98 valence electrons. The van der Waals surface area contributed by atoms with E-state index in [1.165, 1.54) is 7.11 Å². The fourth-order valence-electron chi connectivity index (χ4n) is 1.45. The molecule has 0 spiro atoms. The highest BCUT2D eigenvalue weighted by molar-refractivity contribution is 7.88. The lowest BCUT2D eigenvalue weighted by molar-refractivity contribution is -0.136. The first-order chi connectivity index (χ1) is 8.35. The number of carbonyl (C=O) groups excluding carboxylic acids is 1. The minimum Gasteiger partial charge on any atom is -0.466 e. The van der Waals surface area contributed by atoms with E-state index < -0.39 is 22.0 Å². The van der Waals surface area contributed by atoms with Gasteiger partial charge >= 0.3 is 5.97 Å². The molecule has 0 aliphatic carbocycles. The third kappa shape index (κ3) is 3.97. The summed E-state index contributed by atoms with van der Waals surface area (Å²) in [6.07, 6.45) is 1.02. The minimum absolute atomic E-state index is 0.0362. The van der Waals surface area contributed by atoms with E-state index in [1.807, 2.05) is 0 Å². The molecule has 1 unspecified atom stereocenters. The molecule has 1 aromatic carbocycles. The lowest BCUT2D eigenvalue weighted by Gasteiger charge is -2.18. The van der Waals surface area contributed by atoms with Crippen molar-refractivity contribution in [3.05, 3.63) is 48.0 Å². The highest BCUT2D eigenvalue weighted by Gasteiger charge is 2.24. The minimum atomic E-state index is -3.48. The van der Waals surface area contributed by atoms with E-state index in [0.717, 1.165) is 6.26 Å². The second-order valence-corrected chi connectivity index (χ2v) is 5.53. The van der Waals surface area contributed by atoms with Gasteiger partial charge in [-0.05, 0) is 5.56 Å². The van der Waals surface area contributed by atoms with E-state index in [4.69, 9.17) is 0 Å². The number of benzene rings is 1. The van der Waals surface area contributed by atoms with Crippen molar-refractivity contribution in [3.63, 3.8) is 0 Å². The van der Waals surface area contributed by atoms with Gasteiger partial charge in [0.05, 0.1) is 25.0 Å². The van der Waals surface area contributed by atoms with E-state index in [1.54, 1.807) is 30.3 Å². The van der Waals surface area contributed by atoms with Crippen LogP contribution in [0.4, 0.5) is 0 Å². The number of ether oxygens (including phenoxy) is 1. The van der Waals surface area contributed by atoms with Gasteiger partial charge in [0.2, 0.25) is 10.0 Å². The van der Waals surface area contributed by atoms with Crippen LogP contribution >= 0.6 is 0 Å². The van der Waals surface area contributed by atoms with Gasteiger partial charge in [-0.1, -0.05) is 36.9 Å². The van der Waals surface area contributed by atoms with Crippen LogP contribution in [0.2, 0.25) is 0 Å². The van der Waals surface area contributed by atoms with Crippen LogP contribution in [-0.4, -0.2) is 27.8 Å². The number of nitrogens with one attached hydrogen (secondary N) is 1. The van der Waals surface area contributed by atoms with Crippen molar-refractivity contribution in [3.8, 4) is 0 Å². The summed E-state index contributed by atoms with van der Waals surface area (Å²) >= 11 is 0. The number of esters is 1. The van der Waals surface area contributed by atoms with Crippen LogP contribution in [0, 0.1) is 0 Å². The van der Waals surface area contributed by atoms with Crippen molar-refractivity contribution in [1.82, 2.24) is 4.72 Å². The number of hydrogen-bond acceptors (Lipinski definition) is 4. The second-order valence-electron chi connectivity index (χ2n) is 3.75. The molecule has 0 amide bonds. The third-order valence-electron chi connectivity index (χ3n) is 2.26. The summed E-state index contributed by atoms with van der Waals surface area (Å²) < 4.78 is 29.6. The first-order valence-electron chi connectivity index (χ1n) is 5.14. The van der Waals surface area contributed by atoms with Gasteiger partial charge in [0, 0.05) is 0 Å². The van der Waals surface area contributed by atoms with Gasteiger partial charge in [-0.25, -0.2) is 17.9 Å². The van der Waals surface area contributed by atoms with Crippen molar-refractivity contribution in [2.45, 2.75) is 6.04 Å². The molecule has 6 heteroatoms. The number of hydrogen-bond donors (Lipinski definition) is 1. The first kappa shape index (κ1) is 14.4. The monoisotopic (exact) mass is 269 g/mol. The summed E-state index contributed by atoms with van der Waals surface area (Å²) in [7, 11) is -2.26. The largest absolute Gasteiger partial charge is 0.466 e. The van der Waals surface area contributed by atoms with Crippen molar-refractivity contribution in [2.75, 3.05) is 13.4 Å². The van der Waals surface area contributed by atoms with Gasteiger partial charge in [0.1, 0.15) is 0 Å². The molecule has 0 aromatic heterocycles. The number of rotatable bonds is 5. The topological polar surface area (TPSA) is 72.5 Å². The Hall–Kier alpha value is -1.66. The molecule has 0 aliphatic rings. The lowest BCUT2D eigenvalue weighted by atomic mass is 10.0. The summed E-state index contributed by atoms with van der Waals surface area (Å²) in [6.45, 7) is 3.58. The molecule has 0 aliphatic heterocycles. The van der Waals surface area contributed by atoms with E-state index in [-0.39, 0.29) is 5.57 Å². The second kappa shape index (κ2) is 5.79. The standard InChI is InChI=1S/C12H15NO4S/c1-9(12(14)17-2)11(13-18(3,15)16)10-7-5-4-6-8-10/h4-8,11,13H,1H2,2-3H3. The smallest absolute Gasteiger partial charge is 0.335 e. The van der Waals surface area contributed by atoms with Crippen LogP contribution in [0.5, 0.6) is 0 Å². The molecule has 0 bridgehead atoms. The Labute approximate surface area is 107 Å². The van der Waals surface area contributed by atoms with Crippen LogP contribution in [0.25, 0.3) is 0 Å². The van der Waals surface area contributed by atoms with E-state index in [2.05, 4.69) is 16.0 Å². The molecule has 0 radical (unpaired) electrons. The molecule has 0 fully saturated rings. The summed E-state index contributed by atoms with van der Waals surface area (Å²) in [4.78, 5) is 11.5. The summed E-state index contributed by atoms with van der Waals surface area (Å²) in [5, 5.41) is 0. The van der Waals surface area contributed by atoms with Crippen molar-refractivity contribution >= 4 is 16.0 Å².